The molecular weight excluding hydrogens is 204 g/mol. The van der Waals surface area contributed by atoms with Gasteiger partial charge >= 0.3 is 0 Å². The average molecular weight is 224 g/mol. The summed E-state index contributed by atoms with van der Waals surface area (Å²) in [6.45, 7) is 6.92. The molecule has 0 unspecified atom stereocenters. The molecule has 0 aliphatic rings. The molecule has 1 heterocycles. The van der Waals surface area contributed by atoms with Crippen LogP contribution in [0, 0.1) is 0 Å². The van der Waals surface area contributed by atoms with Gasteiger partial charge in [-0.25, -0.2) is 5.10 Å². The van der Waals surface area contributed by atoms with Crippen molar-refractivity contribution in [1.29, 1.82) is 0 Å². The smallest absolute Gasteiger partial charge is 0.264 e. The van der Waals surface area contributed by atoms with Crippen LogP contribution in [0.2, 0.25) is 0 Å². The molecule has 0 saturated heterocycles. The number of H-pyrrole nitrogens is 1. The zero-order valence-electron chi connectivity index (χ0n) is 10.2. The summed E-state index contributed by atoms with van der Waals surface area (Å²) in [6.07, 6.45) is 0. The Morgan fingerprint density at radius 2 is 2.25 bits per heavy atom. The van der Waals surface area contributed by atoms with Gasteiger partial charge in [-0.3, -0.25) is 9.69 Å². The predicted molar refractivity (Wildman–Crippen MR) is 64.3 cm³/mol. The molecule has 0 saturated carbocycles. The van der Waals surface area contributed by atoms with Gasteiger partial charge in [-0.2, -0.15) is 5.10 Å². The van der Waals surface area contributed by atoms with E-state index >= 15 is 0 Å². The molecule has 5 nitrogen and oxygen atoms in total. The first kappa shape index (κ1) is 12.9. The zero-order chi connectivity index (χ0) is 12.0. The first-order chi connectivity index (χ1) is 7.58. The van der Waals surface area contributed by atoms with Crippen LogP contribution in [0.1, 0.15) is 19.5 Å². The Morgan fingerprint density at radius 3 is 2.81 bits per heavy atom. The summed E-state index contributed by atoms with van der Waals surface area (Å²) in [4.78, 5) is 13.0. The van der Waals surface area contributed by atoms with E-state index in [-0.39, 0.29) is 5.56 Å². The van der Waals surface area contributed by atoms with Gasteiger partial charge in [0, 0.05) is 31.7 Å². The van der Waals surface area contributed by atoms with Gasteiger partial charge in [0.15, 0.2) is 0 Å². The van der Waals surface area contributed by atoms with Crippen LogP contribution in [0.25, 0.3) is 0 Å². The lowest BCUT2D eigenvalue weighted by Gasteiger charge is -2.17. The highest BCUT2D eigenvalue weighted by atomic mass is 16.1. The van der Waals surface area contributed by atoms with Gasteiger partial charge in [0.1, 0.15) is 0 Å². The summed E-state index contributed by atoms with van der Waals surface area (Å²) in [7, 11) is 2.04. The lowest BCUT2D eigenvalue weighted by molar-refractivity contribution is 0.315. The van der Waals surface area contributed by atoms with Gasteiger partial charge < -0.3 is 5.32 Å². The van der Waals surface area contributed by atoms with Crippen LogP contribution < -0.4 is 10.9 Å². The summed E-state index contributed by atoms with van der Waals surface area (Å²) >= 11 is 0. The van der Waals surface area contributed by atoms with Crippen LogP contribution in [-0.4, -0.2) is 41.3 Å². The van der Waals surface area contributed by atoms with Gasteiger partial charge in [0.05, 0.1) is 5.69 Å². The fourth-order valence-electron chi connectivity index (χ4n) is 1.36. The standard InChI is InChI=1S/C11H20N4O/c1-9(2)12-6-7-15(3)8-10-4-5-11(16)14-13-10/h4-5,9,12H,6-8H2,1-3H3,(H,14,16). The third-order valence-electron chi connectivity index (χ3n) is 2.21. The van der Waals surface area contributed by atoms with Crippen LogP contribution in [0.4, 0.5) is 0 Å². The topological polar surface area (TPSA) is 61.0 Å². The first-order valence-electron chi connectivity index (χ1n) is 5.54. The number of likely N-dealkylation sites (N-methyl/N-ethyl adjacent to an activating group) is 1. The quantitative estimate of drug-likeness (QED) is 0.724. The summed E-state index contributed by atoms with van der Waals surface area (Å²) in [5.41, 5.74) is 0.722. The van der Waals surface area contributed by atoms with E-state index < -0.39 is 0 Å². The fourth-order valence-corrected chi connectivity index (χ4v) is 1.36. The van der Waals surface area contributed by atoms with Crippen molar-refractivity contribution in [2.24, 2.45) is 0 Å². The molecule has 0 aromatic carbocycles. The summed E-state index contributed by atoms with van der Waals surface area (Å²) in [5, 5.41) is 9.74. The van der Waals surface area contributed by atoms with E-state index in [1.807, 2.05) is 7.05 Å². The summed E-state index contributed by atoms with van der Waals surface area (Å²) in [5.74, 6) is 0. The van der Waals surface area contributed by atoms with Crippen molar-refractivity contribution >= 4 is 0 Å². The Labute approximate surface area is 95.9 Å². The molecule has 0 spiro atoms. The number of rotatable bonds is 6. The zero-order valence-corrected chi connectivity index (χ0v) is 10.2. The molecule has 0 amide bonds. The second kappa shape index (κ2) is 6.40. The number of hydrogen-bond donors (Lipinski definition) is 2. The minimum Gasteiger partial charge on any atom is -0.313 e. The minimum atomic E-state index is -0.159. The molecule has 16 heavy (non-hydrogen) atoms. The Kier molecular flexibility index (Phi) is 5.14. The molecule has 1 aromatic rings. The third kappa shape index (κ3) is 5.04. The van der Waals surface area contributed by atoms with Crippen LogP contribution >= 0.6 is 0 Å². The Hall–Kier alpha value is -1.20. The molecule has 0 bridgehead atoms. The van der Waals surface area contributed by atoms with E-state index in [9.17, 15) is 4.79 Å². The van der Waals surface area contributed by atoms with Crippen LogP contribution in [0.5, 0.6) is 0 Å². The van der Waals surface area contributed by atoms with E-state index in [0.717, 1.165) is 25.3 Å². The van der Waals surface area contributed by atoms with Gasteiger partial charge in [-0.15, -0.1) is 0 Å². The van der Waals surface area contributed by atoms with Crippen molar-refractivity contribution in [2.75, 3.05) is 20.1 Å². The molecular formula is C11H20N4O. The molecule has 0 radical (unpaired) electrons. The Balaban J connectivity index is 2.31. The minimum absolute atomic E-state index is 0.159. The molecule has 0 fully saturated rings. The summed E-state index contributed by atoms with van der Waals surface area (Å²) < 4.78 is 0. The molecule has 0 atom stereocenters. The second-order valence-electron chi connectivity index (χ2n) is 4.26. The maximum absolute atomic E-state index is 10.8. The molecule has 0 aliphatic carbocycles. The molecule has 90 valence electrons. The SMILES string of the molecule is CC(C)NCCN(C)Cc1ccc(=O)[nH]n1. The maximum Gasteiger partial charge on any atom is 0.264 e. The van der Waals surface area contributed by atoms with E-state index in [4.69, 9.17) is 0 Å². The molecule has 1 aromatic heterocycles. The van der Waals surface area contributed by atoms with E-state index in [0.29, 0.717) is 6.04 Å². The van der Waals surface area contributed by atoms with Gasteiger partial charge in [0.25, 0.3) is 5.56 Å². The van der Waals surface area contributed by atoms with Crippen molar-refractivity contribution in [3.8, 4) is 0 Å². The Morgan fingerprint density at radius 1 is 1.50 bits per heavy atom. The van der Waals surface area contributed by atoms with Gasteiger partial charge in [-0.05, 0) is 13.1 Å². The van der Waals surface area contributed by atoms with Crippen LogP contribution in [0.3, 0.4) is 0 Å². The third-order valence-corrected chi connectivity index (χ3v) is 2.21. The fraction of sp³-hybridized carbons (Fsp3) is 0.636. The number of hydrogen-bond acceptors (Lipinski definition) is 4. The lowest BCUT2D eigenvalue weighted by atomic mass is 10.3. The average Bonchev–Trinajstić information content (AvgIpc) is 2.21. The van der Waals surface area contributed by atoms with E-state index in [1.165, 1.54) is 6.07 Å². The molecule has 2 N–H and O–H groups in total. The second-order valence-corrected chi connectivity index (χ2v) is 4.26. The van der Waals surface area contributed by atoms with Gasteiger partial charge in [-0.1, -0.05) is 13.8 Å². The largest absolute Gasteiger partial charge is 0.313 e. The van der Waals surface area contributed by atoms with Crippen molar-refractivity contribution in [1.82, 2.24) is 20.4 Å². The van der Waals surface area contributed by atoms with Crippen molar-refractivity contribution in [3.05, 3.63) is 28.2 Å². The predicted octanol–water partition coefficient (Wildman–Crippen LogP) is 0.200. The maximum atomic E-state index is 10.8. The molecule has 1 rings (SSSR count). The highest BCUT2D eigenvalue weighted by molar-refractivity contribution is 4.98. The molecule has 5 heteroatoms. The van der Waals surface area contributed by atoms with Crippen molar-refractivity contribution in [2.45, 2.75) is 26.4 Å². The number of nitrogens with one attached hydrogen (secondary N) is 2. The Bertz CT molecular complexity index is 341. The van der Waals surface area contributed by atoms with Crippen LogP contribution in [-0.2, 0) is 6.54 Å². The van der Waals surface area contributed by atoms with Crippen LogP contribution in [0.15, 0.2) is 16.9 Å². The van der Waals surface area contributed by atoms with E-state index in [2.05, 4.69) is 34.3 Å². The number of aromatic amines is 1. The monoisotopic (exact) mass is 224 g/mol. The van der Waals surface area contributed by atoms with Crippen molar-refractivity contribution in [3.63, 3.8) is 0 Å². The number of nitrogens with zero attached hydrogens (tertiary/aromatic N) is 2. The van der Waals surface area contributed by atoms with E-state index in [1.54, 1.807) is 6.07 Å². The van der Waals surface area contributed by atoms with Crippen molar-refractivity contribution < 1.29 is 0 Å². The molecule has 0 aliphatic heterocycles. The first-order valence-corrected chi connectivity index (χ1v) is 5.54. The highest BCUT2D eigenvalue weighted by Crippen LogP contribution is 1.94. The normalized spacial score (nSPS) is 11.3. The van der Waals surface area contributed by atoms with Gasteiger partial charge in [0.2, 0.25) is 0 Å². The summed E-state index contributed by atoms with van der Waals surface area (Å²) in [6, 6.07) is 3.77. The highest BCUT2D eigenvalue weighted by Gasteiger charge is 2.01. The lowest BCUT2D eigenvalue weighted by Crippen LogP contribution is -2.32. The number of aromatic nitrogens is 2.